The summed E-state index contributed by atoms with van der Waals surface area (Å²) >= 11 is 0. The van der Waals surface area contributed by atoms with Crippen molar-refractivity contribution >= 4 is 29.8 Å². The molecule has 78 heavy (non-hydrogen) atoms. The minimum atomic E-state index is -1.97. The molecule has 8 unspecified atom stereocenters. The molecule has 27 heteroatoms. The Labute approximate surface area is 452 Å². The van der Waals surface area contributed by atoms with Crippen LogP contribution in [0.4, 0.5) is 0 Å². The topological polar surface area (TPSA) is 366 Å². The van der Waals surface area contributed by atoms with Crippen molar-refractivity contribution in [2.45, 2.75) is 209 Å². The molecule has 0 radical (unpaired) electrons. The molecule has 4 aliphatic rings. The number of aromatic amines is 1. The molecule has 1 amide bonds. The minimum absolute atomic E-state index is 0.216. The monoisotopic (exact) mass is 1120 g/mol. The number of carbonyl (C=O) groups excluding carboxylic acids is 4. The summed E-state index contributed by atoms with van der Waals surface area (Å²) in [5, 5.41) is 55.1. The molecule has 0 aromatic carbocycles. The number of carbonyl (C=O) groups is 5. The number of ether oxygens (including phenoxy) is 10. The maximum atomic E-state index is 14.7. The molecule has 444 valence electrons. The van der Waals surface area contributed by atoms with E-state index in [9.17, 15) is 59.1 Å². The molecule has 4 aliphatic heterocycles. The third kappa shape index (κ3) is 16.1. The summed E-state index contributed by atoms with van der Waals surface area (Å²) in [6.07, 6.45) is -15.1. The van der Waals surface area contributed by atoms with Crippen LogP contribution in [-0.2, 0) is 71.3 Å². The molecule has 4 fully saturated rings. The molecule has 20 atom stereocenters. The molecule has 5 heterocycles. The number of methoxy groups -OCH3 is 3. The number of aromatic nitrogens is 2. The van der Waals surface area contributed by atoms with Crippen molar-refractivity contribution in [2.24, 2.45) is 17.6 Å². The Morgan fingerprint density at radius 1 is 0.769 bits per heavy atom. The highest BCUT2D eigenvalue weighted by Crippen LogP contribution is 2.37. The maximum absolute atomic E-state index is 14.7. The summed E-state index contributed by atoms with van der Waals surface area (Å²) in [6.45, 7) is 6.94. The van der Waals surface area contributed by atoms with Gasteiger partial charge >= 0.3 is 29.6 Å². The van der Waals surface area contributed by atoms with Gasteiger partial charge in [0.05, 0.1) is 12.5 Å². The fraction of sp³-hybridized carbons (Fsp3) is 0.824. The third-order valence-electron chi connectivity index (χ3n) is 15.2. The fourth-order valence-corrected chi connectivity index (χ4v) is 10.6. The lowest BCUT2D eigenvalue weighted by Gasteiger charge is -2.43. The quantitative estimate of drug-likeness (QED) is 0.0298. The number of hydrogen-bond donors (Lipinski definition) is 7. The van der Waals surface area contributed by atoms with Gasteiger partial charge in [-0.05, 0) is 38.6 Å². The van der Waals surface area contributed by atoms with E-state index >= 15 is 0 Å². The number of amides is 1. The van der Waals surface area contributed by atoms with Crippen LogP contribution in [0, 0.1) is 11.8 Å². The van der Waals surface area contributed by atoms with Gasteiger partial charge in [0.25, 0.3) is 5.56 Å². The number of nitrogens with two attached hydrogens (primary N) is 1. The van der Waals surface area contributed by atoms with E-state index in [4.69, 9.17) is 53.1 Å². The van der Waals surface area contributed by atoms with Crippen molar-refractivity contribution in [2.75, 3.05) is 48.5 Å². The van der Waals surface area contributed by atoms with E-state index in [0.717, 1.165) is 67.3 Å². The van der Waals surface area contributed by atoms with E-state index in [-0.39, 0.29) is 25.8 Å². The van der Waals surface area contributed by atoms with Gasteiger partial charge in [0.2, 0.25) is 12.2 Å². The molecule has 1 aromatic rings. The zero-order chi connectivity index (χ0) is 57.7. The summed E-state index contributed by atoms with van der Waals surface area (Å²) in [6, 6.07) is -2.60. The first-order valence-electron chi connectivity index (χ1n) is 26.7. The first kappa shape index (κ1) is 64.3. The average molecular weight is 1120 g/mol. The van der Waals surface area contributed by atoms with Gasteiger partial charge in [-0.2, -0.15) is 0 Å². The van der Waals surface area contributed by atoms with Gasteiger partial charge in [-0.15, -0.1) is 0 Å². The standard InChI is InChI=1S/C51H83N5O22/c1-10-25(2)16-14-12-11-13-15-17-28(73-32(58)20-26(3)21-33(59)76-50-45(71-9)44(70-8)41(69-7)27(4)72-50)22-34(60)74-30-24-54(5)36(46(65)55(6)35(30)48(66)67)42(78-49-40(64)37(61)29(23-52)75-49)43-38(62)39(63)47(77-43)56-19-18-31(57)53-51(56)68/h18-19,25-30,35-45,47,49-50,61-64H,10-17,20-24,52H2,1-9H3,(H,66,67)(H,53,57,68)/t25?,26?,27?,28?,29-,30+,35+,36+,37-,38+,39-,40-,41?,42+,43+,44?,45?,47-,49+,50?/m1/s1. The maximum Gasteiger partial charge on any atom is 0.330 e. The lowest BCUT2D eigenvalue weighted by Crippen LogP contribution is -2.59. The zero-order valence-electron chi connectivity index (χ0n) is 46.0. The summed E-state index contributed by atoms with van der Waals surface area (Å²) in [5.74, 6) is -4.98. The van der Waals surface area contributed by atoms with Crippen molar-refractivity contribution in [3.05, 3.63) is 33.1 Å². The van der Waals surface area contributed by atoms with Crippen LogP contribution in [0.25, 0.3) is 0 Å². The molecule has 0 spiro atoms. The smallest absolute Gasteiger partial charge is 0.330 e. The van der Waals surface area contributed by atoms with Crippen molar-refractivity contribution in [1.29, 1.82) is 0 Å². The lowest BCUT2D eigenvalue weighted by atomic mass is 9.97. The Morgan fingerprint density at radius 3 is 2.00 bits per heavy atom. The van der Waals surface area contributed by atoms with Crippen LogP contribution >= 0.6 is 0 Å². The molecule has 0 aliphatic carbocycles. The molecular formula is C51H83N5O22. The van der Waals surface area contributed by atoms with Crippen LogP contribution in [0.5, 0.6) is 0 Å². The van der Waals surface area contributed by atoms with Gasteiger partial charge in [0.15, 0.2) is 18.6 Å². The number of carboxylic acid groups (broad SMARTS) is 1. The highest BCUT2D eigenvalue weighted by molar-refractivity contribution is 5.88. The molecule has 8 N–H and O–H groups in total. The number of aliphatic carboxylic acids is 1. The number of nitrogens with zero attached hydrogens (tertiary/aromatic N) is 3. The summed E-state index contributed by atoms with van der Waals surface area (Å²) < 4.78 is 58.7. The second-order valence-corrected chi connectivity index (χ2v) is 21.0. The fourth-order valence-electron chi connectivity index (χ4n) is 10.6. The predicted octanol–water partition coefficient (Wildman–Crippen LogP) is -1.09. The SMILES string of the molecule is CCC(C)CCCCCCCC(CC(=O)O[C@H]1CN(C)[C@@H]([C@H](O[C@@H]2O[C@H](CN)[C@@H](O)[C@H]2O)[C@H]2O[C@@H](n3ccc(=O)[nH]c3=O)[C@H](O)[C@@H]2O)C(=O)N(C)[C@@H]1C(=O)O)OC(=O)CC(C)CC(=O)OC1OC(C)C(OC)C(OC)C1OC. The second-order valence-electron chi connectivity index (χ2n) is 21.0. The molecule has 5 rings (SSSR count). The first-order valence-corrected chi connectivity index (χ1v) is 26.7. The van der Waals surface area contributed by atoms with Crippen molar-refractivity contribution in [1.82, 2.24) is 19.4 Å². The van der Waals surface area contributed by atoms with Crippen LogP contribution in [-0.4, -0.2) is 227 Å². The lowest BCUT2D eigenvalue weighted by molar-refractivity contribution is -0.297. The Kier molecular flexibility index (Phi) is 24.6. The van der Waals surface area contributed by atoms with Crippen molar-refractivity contribution in [3.63, 3.8) is 0 Å². The van der Waals surface area contributed by atoms with E-state index in [1.54, 1.807) is 13.8 Å². The highest BCUT2D eigenvalue weighted by atomic mass is 16.7. The summed E-state index contributed by atoms with van der Waals surface area (Å²) in [4.78, 5) is 97.5. The Hall–Kier alpha value is -4.49. The number of unbranched alkanes of at least 4 members (excludes halogenated alkanes) is 4. The van der Waals surface area contributed by atoms with Gasteiger partial charge in [0.1, 0.15) is 79.3 Å². The molecular weight excluding hydrogens is 1030 g/mol. The molecule has 1 aromatic heterocycles. The summed E-state index contributed by atoms with van der Waals surface area (Å²) in [7, 11) is 6.87. The van der Waals surface area contributed by atoms with E-state index in [1.807, 2.05) is 4.98 Å². The zero-order valence-corrected chi connectivity index (χ0v) is 46.0. The Balaban J connectivity index is 1.33. The number of nitrogens with one attached hydrogen (secondary N) is 1. The molecule has 0 bridgehead atoms. The highest BCUT2D eigenvalue weighted by Gasteiger charge is 2.57. The van der Waals surface area contributed by atoms with Crippen molar-refractivity contribution in [3.8, 4) is 0 Å². The van der Waals surface area contributed by atoms with Crippen LogP contribution < -0.4 is 17.0 Å². The molecule has 4 saturated heterocycles. The van der Waals surface area contributed by atoms with Gasteiger partial charge in [0, 0.05) is 66.6 Å². The van der Waals surface area contributed by atoms with Crippen LogP contribution in [0.3, 0.4) is 0 Å². The molecule has 0 saturated carbocycles. The Morgan fingerprint density at radius 2 is 1.40 bits per heavy atom. The number of aliphatic hydroxyl groups excluding tert-OH is 4. The third-order valence-corrected chi connectivity index (χ3v) is 15.2. The number of carboxylic acids is 1. The van der Waals surface area contributed by atoms with Crippen molar-refractivity contribution < 1.29 is 96.9 Å². The predicted molar refractivity (Wildman–Crippen MR) is 270 cm³/mol. The van der Waals surface area contributed by atoms with E-state index < -0.39 is 170 Å². The largest absolute Gasteiger partial charge is 0.480 e. The normalized spacial score (nSPS) is 33.2. The van der Waals surface area contributed by atoms with E-state index in [0.29, 0.717) is 12.3 Å². The number of aliphatic hydroxyl groups is 4. The minimum Gasteiger partial charge on any atom is -0.480 e. The van der Waals surface area contributed by atoms with Crippen LogP contribution in [0.15, 0.2) is 21.9 Å². The van der Waals surface area contributed by atoms with E-state index in [2.05, 4.69) is 13.8 Å². The van der Waals surface area contributed by atoms with Crippen LogP contribution in [0.1, 0.15) is 105 Å². The molecule has 27 nitrogen and oxygen atoms in total. The van der Waals surface area contributed by atoms with Gasteiger partial charge in [-0.25, -0.2) is 9.59 Å². The Bertz CT molecular complexity index is 2240. The van der Waals surface area contributed by atoms with Gasteiger partial charge < -0.3 is 83.5 Å². The number of rotatable bonds is 28. The van der Waals surface area contributed by atoms with Gasteiger partial charge in [-0.1, -0.05) is 59.3 Å². The second kappa shape index (κ2) is 29.8. The number of likely N-dealkylation sites (N-methyl/N-ethyl adjacent to an activating group) is 2. The number of esters is 3. The van der Waals surface area contributed by atoms with Crippen LogP contribution in [0.2, 0.25) is 0 Å². The first-order chi connectivity index (χ1) is 37.0. The summed E-state index contributed by atoms with van der Waals surface area (Å²) in [5.41, 5.74) is 3.94. The average Bonchev–Trinajstić information content (AvgIpc) is 3.87. The number of hydrogen-bond acceptors (Lipinski definition) is 23. The van der Waals surface area contributed by atoms with Gasteiger partial charge in [-0.3, -0.25) is 38.4 Å². The van der Waals surface area contributed by atoms with E-state index in [1.165, 1.54) is 33.3 Å². The number of H-pyrrole nitrogens is 1.